The van der Waals surface area contributed by atoms with Crippen LogP contribution in [0.3, 0.4) is 0 Å². The summed E-state index contributed by atoms with van der Waals surface area (Å²) >= 11 is 0. The maximum atomic E-state index is 5.40. The highest BCUT2D eigenvalue weighted by atomic mass is 16.5. The molecule has 2 saturated heterocycles. The van der Waals surface area contributed by atoms with Crippen LogP contribution in [0.4, 0.5) is 0 Å². The fourth-order valence-electron chi connectivity index (χ4n) is 3.05. The Morgan fingerprint density at radius 1 is 1.18 bits per heavy atom. The van der Waals surface area contributed by atoms with Crippen LogP contribution in [0.1, 0.15) is 39.5 Å². The Bertz CT molecular complexity index is 208. The van der Waals surface area contributed by atoms with Crippen LogP contribution in [0.2, 0.25) is 0 Å². The Balaban J connectivity index is 1.76. The second kappa shape index (κ2) is 6.72. The molecule has 0 spiro atoms. The highest BCUT2D eigenvalue weighted by Gasteiger charge is 2.25. The van der Waals surface area contributed by atoms with E-state index in [0.29, 0.717) is 6.04 Å². The Hall–Kier alpha value is -0.120. The lowest BCUT2D eigenvalue weighted by molar-refractivity contribution is 0.0739. The molecule has 3 nitrogen and oxygen atoms in total. The number of nitrogens with one attached hydrogen (secondary N) is 1. The average molecular weight is 240 g/mol. The molecule has 0 amide bonds. The first kappa shape index (κ1) is 13.3. The zero-order valence-corrected chi connectivity index (χ0v) is 11.5. The van der Waals surface area contributed by atoms with Crippen molar-refractivity contribution in [2.24, 2.45) is 5.92 Å². The molecule has 1 N–H and O–H groups in total. The van der Waals surface area contributed by atoms with Crippen molar-refractivity contribution in [2.75, 3.05) is 32.8 Å². The molecule has 0 saturated carbocycles. The van der Waals surface area contributed by atoms with Gasteiger partial charge in [-0.05, 0) is 44.7 Å². The van der Waals surface area contributed by atoms with Gasteiger partial charge < -0.3 is 10.1 Å². The molecular weight excluding hydrogens is 212 g/mol. The standard InChI is InChI=1S/C14H28N2O/c1-12(2)14(16-7-3-4-8-16)11-15-13-5-9-17-10-6-13/h12-15H,3-11H2,1-2H3. The average Bonchev–Trinajstić information content (AvgIpc) is 2.84. The molecule has 3 heteroatoms. The van der Waals surface area contributed by atoms with Crippen molar-refractivity contribution in [1.82, 2.24) is 10.2 Å². The summed E-state index contributed by atoms with van der Waals surface area (Å²) in [5, 5.41) is 3.76. The SMILES string of the molecule is CC(C)C(CNC1CCOCC1)N1CCCC1. The summed E-state index contributed by atoms with van der Waals surface area (Å²) in [6.07, 6.45) is 5.15. The lowest BCUT2D eigenvalue weighted by Gasteiger charge is -2.33. The molecule has 1 unspecified atom stereocenters. The highest BCUT2D eigenvalue weighted by Crippen LogP contribution is 2.17. The monoisotopic (exact) mass is 240 g/mol. The van der Waals surface area contributed by atoms with Crippen molar-refractivity contribution in [1.29, 1.82) is 0 Å². The predicted octanol–water partition coefficient (Wildman–Crippen LogP) is 1.88. The van der Waals surface area contributed by atoms with Gasteiger partial charge in [-0.1, -0.05) is 13.8 Å². The van der Waals surface area contributed by atoms with Crippen molar-refractivity contribution in [3.05, 3.63) is 0 Å². The van der Waals surface area contributed by atoms with Gasteiger partial charge in [0.05, 0.1) is 0 Å². The minimum atomic E-state index is 0.688. The smallest absolute Gasteiger partial charge is 0.0480 e. The van der Waals surface area contributed by atoms with Gasteiger partial charge in [-0.3, -0.25) is 4.90 Å². The Labute approximate surface area is 106 Å². The van der Waals surface area contributed by atoms with Crippen LogP contribution >= 0.6 is 0 Å². The van der Waals surface area contributed by atoms with Gasteiger partial charge in [-0.2, -0.15) is 0 Å². The van der Waals surface area contributed by atoms with E-state index in [4.69, 9.17) is 4.74 Å². The van der Waals surface area contributed by atoms with Crippen LogP contribution in [0.5, 0.6) is 0 Å². The van der Waals surface area contributed by atoms with Gasteiger partial charge in [-0.15, -0.1) is 0 Å². The van der Waals surface area contributed by atoms with E-state index >= 15 is 0 Å². The first-order valence-corrected chi connectivity index (χ1v) is 7.32. The molecule has 2 aliphatic heterocycles. The summed E-state index contributed by atoms with van der Waals surface area (Å²) < 4.78 is 5.40. The summed E-state index contributed by atoms with van der Waals surface area (Å²) in [5.74, 6) is 0.750. The lowest BCUT2D eigenvalue weighted by Crippen LogP contribution is -2.47. The molecular formula is C14H28N2O. The molecule has 100 valence electrons. The quantitative estimate of drug-likeness (QED) is 0.794. The van der Waals surface area contributed by atoms with E-state index in [1.807, 2.05) is 0 Å². The maximum absolute atomic E-state index is 5.40. The number of nitrogens with zero attached hydrogens (tertiary/aromatic N) is 1. The van der Waals surface area contributed by atoms with Crippen LogP contribution < -0.4 is 5.32 Å². The van der Waals surface area contributed by atoms with Crippen LogP contribution in [0, 0.1) is 5.92 Å². The summed E-state index contributed by atoms with van der Waals surface area (Å²) in [4.78, 5) is 2.68. The molecule has 0 aliphatic carbocycles. The molecule has 0 aromatic heterocycles. The lowest BCUT2D eigenvalue weighted by atomic mass is 10.0. The number of likely N-dealkylation sites (tertiary alicyclic amines) is 1. The number of rotatable bonds is 5. The van der Waals surface area contributed by atoms with E-state index in [2.05, 4.69) is 24.1 Å². The Morgan fingerprint density at radius 2 is 1.82 bits per heavy atom. The van der Waals surface area contributed by atoms with Crippen LogP contribution in [-0.4, -0.2) is 49.8 Å². The molecule has 0 aromatic carbocycles. The van der Waals surface area contributed by atoms with E-state index in [9.17, 15) is 0 Å². The van der Waals surface area contributed by atoms with E-state index in [1.54, 1.807) is 0 Å². The largest absolute Gasteiger partial charge is 0.381 e. The molecule has 2 heterocycles. The highest BCUT2D eigenvalue weighted by molar-refractivity contribution is 4.82. The molecule has 0 aromatic rings. The summed E-state index contributed by atoms with van der Waals surface area (Å²) in [7, 11) is 0. The fraction of sp³-hybridized carbons (Fsp3) is 1.00. The molecule has 2 rings (SSSR count). The van der Waals surface area contributed by atoms with E-state index in [1.165, 1.54) is 38.8 Å². The summed E-state index contributed by atoms with van der Waals surface area (Å²) in [5.41, 5.74) is 0. The molecule has 2 fully saturated rings. The third kappa shape index (κ3) is 3.94. The number of hydrogen-bond acceptors (Lipinski definition) is 3. The second-order valence-electron chi connectivity index (χ2n) is 5.85. The topological polar surface area (TPSA) is 24.5 Å². The minimum Gasteiger partial charge on any atom is -0.381 e. The first-order valence-electron chi connectivity index (χ1n) is 7.32. The van der Waals surface area contributed by atoms with Gasteiger partial charge in [0, 0.05) is 31.8 Å². The summed E-state index contributed by atoms with van der Waals surface area (Å²) in [6, 6.07) is 1.41. The third-order valence-corrected chi connectivity index (χ3v) is 4.22. The van der Waals surface area contributed by atoms with Crippen molar-refractivity contribution in [3.8, 4) is 0 Å². The third-order valence-electron chi connectivity index (χ3n) is 4.22. The van der Waals surface area contributed by atoms with Gasteiger partial charge in [0.15, 0.2) is 0 Å². The van der Waals surface area contributed by atoms with Gasteiger partial charge in [0.25, 0.3) is 0 Å². The molecule has 0 radical (unpaired) electrons. The van der Waals surface area contributed by atoms with E-state index in [0.717, 1.165) is 31.7 Å². The zero-order valence-electron chi connectivity index (χ0n) is 11.5. The van der Waals surface area contributed by atoms with Crippen LogP contribution in [-0.2, 0) is 4.74 Å². The Morgan fingerprint density at radius 3 is 2.41 bits per heavy atom. The molecule has 2 aliphatic rings. The maximum Gasteiger partial charge on any atom is 0.0480 e. The van der Waals surface area contributed by atoms with E-state index < -0.39 is 0 Å². The van der Waals surface area contributed by atoms with Crippen molar-refractivity contribution in [2.45, 2.75) is 51.6 Å². The van der Waals surface area contributed by atoms with E-state index in [-0.39, 0.29) is 0 Å². The van der Waals surface area contributed by atoms with Crippen molar-refractivity contribution >= 4 is 0 Å². The Kier molecular flexibility index (Phi) is 5.26. The molecule has 0 bridgehead atoms. The van der Waals surface area contributed by atoms with Gasteiger partial charge in [0.2, 0.25) is 0 Å². The number of hydrogen-bond donors (Lipinski definition) is 1. The molecule has 1 atom stereocenters. The predicted molar refractivity (Wildman–Crippen MR) is 71.3 cm³/mol. The number of ether oxygens (including phenoxy) is 1. The van der Waals surface area contributed by atoms with Gasteiger partial charge in [-0.25, -0.2) is 0 Å². The normalized spacial score (nSPS) is 25.6. The minimum absolute atomic E-state index is 0.688. The zero-order chi connectivity index (χ0) is 12.1. The second-order valence-corrected chi connectivity index (χ2v) is 5.85. The first-order chi connectivity index (χ1) is 8.27. The van der Waals surface area contributed by atoms with Crippen LogP contribution in [0.15, 0.2) is 0 Å². The van der Waals surface area contributed by atoms with Crippen molar-refractivity contribution < 1.29 is 4.74 Å². The van der Waals surface area contributed by atoms with Gasteiger partial charge in [0.1, 0.15) is 0 Å². The summed E-state index contributed by atoms with van der Waals surface area (Å²) in [6.45, 7) is 10.4. The van der Waals surface area contributed by atoms with Crippen LogP contribution in [0.25, 0.3) is 0 Å². The fourth-order valence-corrected chi connectivity index (χ4v) is 3.05. The van der Waals surface area contributed by atoms with Crippen molar-refractivity contribution in [3.63, 3.8) is 0 Å². The molecule has 17 heavy (non-hydrogen) atoms. The van der Waals surface area contributed by atoms with Gasteiger partial charge >= 0.3 is 0 Å².